The number of fused-ring (bicyclic) bond motifs is 2. The van der Waals surface area contributed by atoms with Crippen molar-refractivity contribution in [2.75, 3.05) is 11.4 Å². The van der Waals surface area contributed by atoms with Gasteiger partial charge in [-0.25, -0.2) is 8.78 Å². The summed E-state index contributed by atoms with van der Waals surface area (Å²) in [5, 5.41) is 13.3. The van der Waals surface area contributed by atoms with Gasteiger partial charge < -0.3 is 19.9 Å². The molecule has 0 bridgehead atoms. The third kappa shape index (κ3) is 5.57. The number of amides is 2. The molecule has 2 aliphatic heterocycles. The molecule has 0 spiro atoms. The predicted molar refractivity (Wildman–Crippen MR) is 177 cm³/mol. The molecular weight excluding hydrogens is 598 g/mol. The number of nitrogens with one attached hydrogen (secondary N) is 1. The van der Waals surface area contributed by atoms with Crippen LogP contribution in [0.2, 0.25) is 0 Å². The van der Waals surface area contributed by atoms with Crippen LogP contribution in [0, 0.1) is 18.6 Å². The highest BCUT2D eigenvalue weighted by atomic mass is 19.1. The summed E-state index contributed by atoms with van der Waals surface area (Å²) in [6.07, 6.45) is 0.718. The monoisotopic (exact) mass is 632 g/mol. The molecule has 2 N–H and O–H groups in total. The van der Waals surface area contributed by atoms with E-state index in [1.54, 1.807) is 37.3 Å². The van der Waals surface area contributed by atoms with Gasteiger partial charge in [0.05, 0.1) is 16.9 Å². The standard InChI is InChI=1S/C38H34F2N4O3/c1-23-7-9-29(19-34(23)40)44(28-10-12-30(45)13-11-28)38(47)33-20-35(42-16-15-41-21-36(33)42)32-18-27(39)8-14-31(32)37(46)43-22-26-6-4-3-5-25(26)17-24(43)2/h3-14,18-20,24,41,45H,15-17,21-22H2,1-2H3/t24-/m1/s1. The van der Waals surface area contributed by atoms with Gasteiger partial charge in [-0.3, -0.25) is 14.5 Å². The van der Waals surface area contributed by atoms with E-state index in [1.165, 1.54) is 46.9 Å². The Balaban J connectivity index is 1.34. The van der Waals surface area contributed by atoms with Gasteiger partial charge in [-0.2, -0.15) is 0 Å². The summed E-state index contributed by atoms with van der Waals surface area (Å²) < 4.78 is 31.8. The lowest BCUT2D eigenvalue weighted by Gasteiger charge is -2.35. The Bertz CT molecular complexity index is 2020. The maximum atomic E-state index is 15.0. The van der Waals surface area contributed by atoms with Gasteiger partial charge in [0.15, 0.2) is 0 Å². The fraction of sp³-hybridized carbons (Fsp3) is 0.211. The number of hydrogen-bond acceptors (Lipinski definition) is 4. The Morgan fingerprint density at radius 1 is 0.894 bits per heavy atom. The smallest absolute Gasteiger partial charge is 0.264 e. The summed E-state index contributed by atoms with van der Waals surface area (Å²) in [5.41, 5.74) is 5.81. The first-order valence-electron chi connectivity index (χ1n) is 15.7. The number of benzene rings is 4. The molecule has 0 aliphatic carbocycles. The van der Waals surface area contributed by atoms with Gasteiger partial charge in [0, 0.05) is 54.7 Å². The fourth-order valence-electron chi connectivity index (χ4n) is 6.69. The van der Waals surface area contributed by atoms with Crippen LogP contribution in [0.4, 0.5) is 20.2 Å². The highest BCUT2D eigenvalue weighted by molar-refractivity contribution is 6.12. The summed E-state index contributed by atoms with van der Waals surface area (Å²) in [5.74, 6) is -1.56. The lowest BCUT2D eigenvalue weighted by molar-refractivity contribution is 0.0659. The van der Waals surface area contributed by atoms with Crippen molar-refractivity contribution < 1.29 is 23.5 Å². The van der Waals surface area contributed by atoms with E-state index in [4.69, 9.17) is 0 Å². The van der Waals surface area contributed by atoms with Crippen molar-refractivity contribution in [3.05, 3.63) is 136 Å². The number of aromatic nitrogens is 1. The minimum Gasteiger partial charge on any atom is -0.508 e. The van der Waals surface area contributed by atoms with E-state index in [9.17, 15) is 19.1 Å². The lowest BCUT2D eigenvalue weighted by atomic mass is 9.93. The second-order valence-electron chi connectivity index (χ2n) is 12.3. The first-order chi connectivity index (χ1) is 22.7. The molecule has 0 fully saturated rings. The predicted octanol–water partition coefficient (Wildman–Crippen LogP) is 7.12. The van der Waals surface area contributed by atoms with Crippen molar-refractivity contribution in [1.82, 2.24) is 14.8 Å². The second-order valence-corrected chi connectivity index (χ2v) is 12.3. The molecule has 0 radical (unpaired) electrons. The second kappa shape index (κ2) is 12.1. The number of rotatable bonds is 5. The van der Waals surface area contributed by atoms with Crippen molar-refractivity contribution in [2.45, 2.75) is 45.9 Å². The van der Waals surface area contributed by atoms with E-state index < -0.39 is 17.5 Å². The van der Waals surface area contributed by atoms with E-state index in [-0.39, 0.29) is 17.7 Å². The van der Waals surface area contributed by atoms with Gasteiger partial charge in [0.2, 0.25) is 0 Å². The summed E-state index contributed by atoms with van der Waals surface area (Å²) in [6, 6.07) is 24.6. The lowest BCUT2D eigenvalue weighted by Crippen LogP contribution is -2.42. The zero-order valence-corrected chi connectivity index (χ0v) is 26.1. The fourth-order valence-corrected chi connectivity index (χ4v) is 6.69. The van der Waals surface area contributed by atoms with Crippen molar-refractivity contribution in [3.8, 4) is 17.0 Å². The Labute approximate surface area is 271 Å². The van der Waals surface area contributed by atoms with Crippen molar-refractivity contribution in [1.29, 1.82) is 0 Å². The summed E-state index contributed by atoms with van der Waals surface area (Å²) in [4.78, 5) is 32.1. The van der Waals surface area contributed by atoms with Crippen LogP contribution in [0.25, 0.3) is 11.3 Å². The van der Waals surface area contributed by atoms with E-state index in [0.29, 0.717) is 71.2 Å². The van der Waals surface area contributed by atoms with Crippen LogP contribution in [0.5, 0.6) is 5.75 Å². The SMILES string of the molecule is Cc1ccc(N(C(=O)c2cc(-c3cc(F)ccc3C(=O)N3Cc4ccccc4C[C@H]3C)n3c2CNCC3)c2ccc(O)cc2)cc1F. The average molecular weight is 633 g/mol. The van der Waals surface area contributed by atoms with Crippen molar-refractivity contribution in [2.24, 2.45) is 0 Å². The molecule has 7 rings (SSSR count). The molecule has 0 unspecified atom stereocenters. The molecule has 47 heavy (non-hydrogen) atoms. The zero-order valence-electron chi connectivity index (χ0n) is 26.1. The summed E-state index contributed by atoms with van der Waals surface area (Å²) in [7, 11) is 0. The molecular formula is C38H34F2N4O3. The Morgan fingerprint density at radius 2 is 1.64 bits per heavy atom. The number of carbonyl (C=O) groups is 2. The summed E-state index contributed by atoms with van der Waals surface area (Å²) in [6.45, 7) is 5.59. The Hall–Kier alpha value is -5.28. The molecule has 1 atom stereocenters. The Kier molecular flexibility index (Phi) is 7.85. The number of phenolic OH excluding ortho intramolecular Hbond substituents is 1. The van der Waals surface area contributed by atoms with Crippen molar-refractivity contribution in [3.63, 3.8) is 0 Å². The average Bonchev–Trinajstić information content (AvgIpc) is 3.46. The molecule has 238 valence electrons. The number of aryl methyl sites for hydroxylation is 1. The quantitative estimate of drug-likeness (QED) is 0.217. The van der Waals surface area contributed by atoms with Crippen LogP contribution in [0.1, 0.15) is 50.0 Å². The van der Waals surface area contributed by atoms with Gasteiger partial charge >= 0.3 is 0 Å². The first kappa shape index (κ1) is 30.4. The van der Waals surface area contributed by atoms with Gasteiger partial charge in [-0.15, -0.1) is 0 Å². The summed E-state index contributed by atoms with van der Waals surface area (Å²) >= 11 is 0. The molecule has 7 nitrogen and oxygen atoms in total. The molecule has 9 heteroatoms. The number of phenols is 1. The van der Waals surface area contributed by atoms with Crippen LogP contribution < -0.4 is 10.2 Å². The van der Waals surface area contributed by atoms with Crippen LogP contribution >= 0.6 is 0 Å². The molecule has 2 aliphatic rings. The number of anilines is 2. The molecule has 0 saturated carbocycles. The topological polar surface area (TPSA) is 77.8 Å². The number of halogens is 2. The first-order valence-corrected chi connectivity index (χ1v) is 15.7. The minimum absolute atomic E-state index is 0.0266. The number of nitrogens with zero attached hydrogens (tertiary/aromatic N) is 3. The van der Waals surface area contributed by atoms with Crippen LogP contribution in [0.3, 0.4) is 0 Å². The Morgan fingerprint density at radius 3 is 2.40 bits per heavy atom. The van der Waals surface area contributed by atoms with Crippen molar-refractivity contribution >= 4 is 23.2 Å². The molecule has 4 aromatic carbocycles. The number of aromatic hydroxyl groups is 1. The third-order valence-corrected chi connectivity index (χ3v) is 9.22. The van der Waals surface area contributed by atoms with Gasteiger partial charge in [0.25, 0.3) is 11.8 Å². The third-order valence-electron chi connectivity index (χ3n) is 9.22. The van der Waals surface area contributed by atoms with Crippen LogP contribution in [-0.4, -0.2) is 39.0 Å². The van der Waals surface area contributed by atoms with E-state index in [0.717, 1.165) is 12.0 Å². The van der Waals surface area contributed by atoms with E-state index in [1.807, 2.05) is 34.6 Å². The number of hydrogen-bond donors (Lipinski definition) is 2. The van der Waals surface area contributed by atoms with E-state index >= 15 is 4.39 Å². The molecule has 1 aromatic heterocycles. The largest absolute Gasteiger partial charge is 0.508 e. The highest BCUT2D eigenvalue weighted by Crippen LogP contribution is 2.36. The van der Waals surface area contributed by atoms with Crippen LogP contribution in [-0.2, 0) is 26.1 Å². The van der Waals surface area contributed by atoms with Gasteiger partial charge in [-0.05, 0) is 97.6 Å². The molecule has 3 heterocycles. The number of carbonyl (C=O) groups excluding carboxylic acids is 2. The van der Waals surface area contributed by atoms with Gasteiger partial charge in [-0.1, -0.05) is 30.3 Å². The molecule has 5 aromatic rings. The molecule has 0 saturated heterocycles. The highest BCUT2D eigenvalue weighted by Gasteiger charge is 2.32. The molecule has 2 amide bonds. The maximum absolute atomic E-state index is 15.0. The normalized spacial score (nSPS) is 15.6. The van der Waals surface area contributed by atoms with Crippen LogP contribution in [0.15, 0.2) is 91.0 Å². The minimum atomic E-state index is -0.494. The van der Waals surface area contributed by atoms with E-state index in [2.05, 4.69) is 11.4 Å². The zero-order chi connectivity index (χ0) is 32.8. The maximum Gasteiger partial charge on any atom is 0.264 e. The van der Waals surface area contributed by atoms with Gasteiger partial charge in [0.1, 0.15) is 17.4 Å².